The maximum atomic E-state index is 12.8. The average molecular weight is 550 g/mol. The van der Waals surface area contributed by atoms with Crippen LogP contribution < -0.4 is 9.47 Å². The van der Waals surface area contributed by atoms with E-state index in [1.807, 2.05) is 23.1 Å². The molecule has 1 N–H and O–H groups in total. The Bertz CT molecular complexity index is 1150. The Morgan fingerprint density at radius 1 is 1.00 bits per heavy atom. The molecule has 2 aromatic rings. The molecular formula is C28H34F3N3O5. The monoisotopic (exact) mass is 549 g/mol. The first-order valence-corrected chi connectivity index (χ1v) is 13.0. The number of carboxylic acid groups (broad SMARTS) is 1. The fourth-order valence-electron chi connectivity index (χ4n) is 5.29. The molecule has 1 aromatic carbocycles. The minimum atomic E-state index is -5.08. The van der Waals surface area contributed by atoms with Crippen LogP contribution in [0.4, 0.5) is 13.2 Å². The molecule has 1 spiro atoms. The van der Waals surface area contributed by atoms with Crippen molar-refractivity contribution in [3.63, 3.8) is 0 Å². The molecule has 0 aliphatic carbocycles. The number of halogens is 3. The van der Waals surface area contributed by atoms with Gasteiger partial charge in [0.25, 0.3) is 5.91 Å². The number of fused-ring (bicyclic) bond motifs is 1. The summed E-state index contributed by atoms with van der Waals surface area (Å²) in [6, 6.07) is 9.85. The van der Waals surface area contributed by atoms with Crippen LogP contribution in [-0.4, -0.2) is 76.3 Å². The van der Waals surface area contributed by atoms with Gasteiger partial charge in [-0.1, -0.05) is 12.1 Å². The van der Waals surface area contributed by atoms with Crippen molar-refractivity contribution in [1.82, 2.24) is 14.8 Å². The van der Waals surface area contributed by atoms with Gasteiger partial charge in [0.15, 0.2) is 11.5 Å². The fourth-order valence-corrected chi connectivity index (χ4v) is 5.29. The SMILES string of the molecule is CC1(C)COc2c(CN3CCC4(CC3)CCN(C(=O)c3ccncc3)CC4)cccc2O1.O=C(O)C(F)(F)F. The van der Waals surface area contributed by atoms with Gasteiger partial charge in [0.05, 0.1) is 0 Å². The number of rotatable bonds is 3. The number of benzene rings is 1. The number of para-hydroxylation sites is 1. The molecule has 0 unspecified atom stereocenters. The van der Waals surface area contributed by atoms with Crippen molar-refractivity contribution in [2.45, 2.75) is 57.9 Å². The number of amides is 1. The third-order valence-corrected chi connectivity index (χ3v) is 7.60. The van der Waals surface area contributed by atoms with Gasteiger partial charge >= 0.3 is 12.1 Å². The van der Waals surface area contributed by atoms with Crippen molar-refractivity contribution in [2.75, 3.05) is 32.8 Å². The van der Waals surface area contributed by atoms with E-state index in [2.05, 4.69) is 35.9 Å². The van der Waals surface area contributed by atoms with Crippen molar-refractivity contribution in [2.24, 2.45) is 5.41 Å². The molecule has 3 aliphatic rings. The maximum absolute atomic E-state index is 12.8. The zero-order valence-electron chi connectivity index (χ0n) is 22.2. The van der Waals surface area contributed by atoms with Crippen LogP contribution in [0.3, 0.4) is 0 Å². The predicted octanol–water partition coefficient (Wildman–Crippen LogP) is 4.78. The summed E-state index contributed by atoms with van der Waals surface area (Å²) in [6.07, 6.45) is 2.90. The predicted molar refractivity (Wildman–Crippen MR) is 137 cm³/mol. The van der Waals surface area contributed by atoms with Gasteiger partial charge in [0.2, 0.25) is 0 Å². The number of likely N-dealkylation sites (tertiary alicyclic amines) is 2. The molecule has 2 fully saturated rings. The molecule has 5 rings (SSSR count). The molecule has 39 heavy (non-hydrogen) atoms. The summed E-state index contributed by atoms with van der Waals surface area (Å²) >= 11 is 0. The Morgan fingerprint density at radius 2 is 1.59 bits per heavy atom. The Morgan fingerprint density at radius 3 is 2.18 bits per heavy atom. The number of alkyl halides is 3. The second-order valence-corrected chi connectivity index (χ2v) is 11.0. The number of nitrogens with zero attached hydrogens (tertiary/aromatic N) is 3. The second-order valence-electron chi connectivity index (χ2n) is 11.0. The molecule has 1 amide bonds. The van der Waals surface area contributed by atoms with Gasteiger partial charge in [-0.2, -0.15) is 13.2 Å². The summed E-state index contributed by atoms with van der Waals surface area (Å²) < 4.78 is 44.0. The van der Waals surface area contributed by atoms with Crippen LogP contribution >= 0.6 is 0 Å². The van der Waals surface area contributed by atoms with Crippen molar-refractivity contribution in [3.05, 3.63) is 53.9 Å². The molecule has 1 aromatic heterocycles. The summed E-state index contributed by atoms with van der Waals surface area (Å²) in [5.41, 5.74) is 2.06. The second kappa shape index (κ2) is 11.4. The van der Waals surface area contributed by atoms with E-state index in [4.69, 9.17) is 19.4 Å². The number of carbonyl (C=O) groups excluding carboxylic acids is 1. The lowest BCUT2D eigenvalue weighted by Crippen LogP contribution is -2.48. The topological polar surface area (TPSA) is 92.2 Å². The van der Waals surface area contributed by atoms with E-state index in [0.717, 1.165) is 62.6 Å². The van der Waals surface area contributed by atoms with E-state index in [1.165, 1.54) is 18.4 Å². The van der Waals surface area contributed by atoms with Crippen LogP contribution in [0.1, 0.15) is 55.5 Å². The average Bonchev–Trinajstić information content (AvgIpc) is 2.90. The number of ether oxygens (including phenoxy) is 2. The first-order chi connectivity index (χ1) is 18.4. The van der Waals surface area contributed by atoms with Gasteiger partial charge in [-0.15, -0.1) is 0 Å². The van der Waals surface area contributed by atoms with Gasteiger partial charge in [-0.05, 0) is 76.2 Å². The maximum Gasteiger partial charge on any atom is 0.490 e. The first kappa shape index (κ1) is 28.7. The van der Waals surface area contributed by atoms with E-state index in [9.17, 15) is 18.0 Å². The molecule has 3 aliphatic heterocycles. The number of hydrogen-bond acceptors (Lipinski definition) is 6. The summed E-state index contributed by atoms with van der Waals surface area (Å²) in [5.74, 6) is -0.847. The molecule has 4 heterocycles. The molecule has 0 radical (unpaired) electrons. The van der Waals surface area contributed by atoms with Gasteiger partial charge in [-0.25, -0.2) is 4.79 Å². The standard InChI is InChI=1S/C26H33N3O3.C2HF3O2/c1-25(2)19-31-23-21(4-3-5-22(23)32-25)18-28-14-8-26(9-15-28)10-16-29(17-11-26)24(30)20-6-12-27-13-7-20;3-2(4,5)1(6)7/h3-7,12-13H,8-11,14-19H2,1-2H3;(H,6,7). The van der Waals surface area contributed by atoms with Crippen LogP contribution in [0.15, 0.2) is 42.7 Å². The molecule has 0 saturated carbocycles. The Kier molecular flexibility index (Phi) is 8.39. The fraction of sp³-hybridized carbons (Fsp3) is 0.536. The summed E-state index contributed by atoms with van der Waals surface area (Å²) in [7, 11) is 0. The van der Waals surface area contributed by atoms with Crippen molar-refractivity contribution >= 4 is 11.9 Å². The zero-order chi connectivity index (χ0) is 28.3. The van der Waals surface area contributed by atoms with E-state index < -0.39 is 12.1 Å². The highest BCUT2D eigenvalue weighted by atomic mass is 19.4. The largest absolute Gasteiger partial charge is 0.490 e. The number of hydrogen-bond donors (Lipinski definition) is 1. The lowest BCUT2D eigenvalue weighted by Gasteiger charge is -2.47. The van der Waals surface area contributed by atoms with Crippen LogP contribution in [0, 0.1) is 5.41 Å². The number of pyridine rings is 1. The number of piperidine rings is 2. The third kappa shape index (κ3) is 7.20. The number of aromatic nitrogens is 1. The highest BCUT2D eigenvalue weighted by molar-refractivity contribution is 5.94. The van der Waals surface area contributed by atoms with Crippen LogP contribution in [0.2, 0.25) is 0 Å². The van der Waals surface area contributed by atoms with E-state index in [0.29, 0.717) is 12.0 Å². The highest BCUT2D eigenvalue weighted by Crippen LogP contribution is 2.43. The Labute approximate surface area is 225 Å². The molecule has 2 saturated heterocycles. The van der Waals surface area contributed by atoms with E-state index in [1.54, 1.807) is 12.4 Å². The number of aliphatic carboxylic acids is 1. The molecule has 8 nitrogen and oxygen atoms in total. The van der Waals surface area contributed by atoms with Crippen LogP contribution in [0.25, 0.3) is 0 Å². The molecule has 0 bridgehead atoms. The molecule has 11 heteroatoms. The molecule has 0 atom stereocenters. The normalized spacial score (nSPS) is 20.1. The van der Waals surface area contributed by atoms with Gasteiger partial charge in [0.1, 0.15) is 12.2 Å². The smallest absolute Gasteiger partial charge is 0.485 e. The summed E-state index contributed by atoms with van der Waals surface area (Å²) in [4.78, 5) is 30.2. The Balaban J connectivity index is 0.000000448. The third-order valence-electron chi connectivity index (χ3n) is 7.60. The van der Waals surface area contributed by atoms with Crippen LogP contribution in [-0.2, 0) is 11.3 Å². The van der Waals surface area contributed by atoms with Crippen molar-refractivity contribution in [1.29, 1.82) is 0 Å². The zero-order valence-corrected chi connectivity index (χ0v) is 22.2. The lowest BCUT2D eigenvalue weighted by molar-refractivity contribution is -0.192. The lowest BCUT2D eigenvalue weighted by atomic mass is 9.71. The van der Waals surface area contributed by atoms with E-state index in [-0.39, 0.29) is 11.5 Å². The van der Waals surface area contributed by atoms with Gasteiger partial charge in [0, 0.05) is 43.2 Å². The highest BCUT2D eigenvalue weighted by Gasteiger charge is 2.39. The summed E-state index contributed by atoms with van der Waals surface area (Å²) in [5, 5.41) is 7.12. The Hall–Kier alpha value is -3.34. The minimum absolute atomic E-state index is 0.138. The minimum Gasteiger partial charge on any atom is -0.485 e. The van der Waals surface area contributed by atoms with Gasteiger partial charge in [-0.3, -0.25) is 14.7 Å². The molecular weight excluding hydrogens is 515 g/mol. The quantitative estimate of drug-likeness (QED) is 0.589. The van der Waals surface area contributed by atoms with Crippen molar-refractivity contribution in [3.8, 4) is 11.5 Å². The number of carbonyl (C=O) groups is 2. The summed E-state index contributed by atoms with van der Waals surface area (Å²) in [6.45, 7) is 9.49. The number of carboxylic acids is 1. The first-order valence-electron chi connectivity index (χ1n) is 13.0. The van der Waals surface area contributed by atoms with Gasteiger partial charge < -0.3 is 19.5 Å². The van der Waals surface area contributed by atoms with Crippen molar-refractivity contribution < 1.29 is 37.3 Å². The van der Waals surface area contributed by atoms with Crippen LogP contribution in [0.5, 0.6) is 11.5 Å². The van der Waals surface area contributed by atoms with E-state index >= 15 is 0 Å². The molecule has 212 valence electrons.